The summed E-state index contributed by atoms with van der Waals surface area (Å²) in [5, 5.41) is 6.28. The lowest BCUT2D eigenvalue weighted by atomic mass is 9.84. The van der Waals surface area contributed by atoms with Gasteiger partial charge in [-0.1, -0.05) is 42.4 Å². The maximum absolute atomic E-state index is 14.0. The van der Waals surface area contributed by atoms with Gasteiger partial charge in [-0.2, -0.15) is 0 Å². The normalized spacial score (nSPS) is 21.3. The van der Waals surface area contributed by atoms with E-state index in [-0.39, 0.29) is 55.5 Å². The Bertz CT molecular complexity index is 2670. The molecule has 4 aromatic carbocycles. The molecule has 2 atom stereocenters. The van der Waals surface area contributed by atoms with Crippen LogP contribution >= 0.6 is 11.6 Å². The maximum atomic E-state index is 14.0. The molecule has 1 unspecified atom stereocenters. The number of piperazine rings is 1. The number of carbonyl (C=O) groups excluding carboxylic acids is 4. The lowest BCUT2D eigenvalue weighted by Crippen LogP contribution is -2.51. The number of halogens is 1. The van der Waals surface area contributed by atoms with Crippen molar-refractivity contribution in [3.05, 3.63) is 130 Å². The first-order valence-corrected chi connectivity index (χ1v) is 27.3. The molecule has 0 spiro atoms. The van der Waals surface area contributed by atoms with Crippen molar-refractivity contribution in [2.45, 2.75) is 96.5 Å². The van der Waals surface area contributed by atoms with Crippen LogP contribution in [0.4, 0.5) is 17.1 Å². The Morgan fingerprint density at radius 3 is 2.28 bits per heavy atom. The van der Waals surface area contributed by atoms with Gasteiger partial charge in [-0.25, -0.2) is 0 Å². The molecule has 1 saturated carbocycles. The van der Waals surface area contributed by atoms with Crippen LogP contribution in [0.15, 0.2) is 91.1 Å². The Morgan fingerprint density at radius 2 is 1.57 bits per heavy atom. The molecule has 4 heterocycles. The Labute approximate surface area is 447 Å². The number of piperidine rings is 1. The maximum Gasteiger partial charge on any atom is 0.255 e. The molecule has 4 aliphatic heterocycles. The number of rotatable bonds is 21. The molecule has 16 heteroatoms. The molecule has 15 nitrogen and oxygen atoms in total. The number of benzene rings is 4. The number of fused-ring (bicyclic) bond motifs is 2. The molecule has 9 rings (SSSR count). The van der Waals surface area contributed by atoms with Crippen LogP contribution in [-0.4, -0.2) is 142 Å². The fourth-order valence-electron chi connectivity index (χ4n) is 11.5. The standard InChI is InChI=1S/C59H74ClN7O8/c1-39(2)75-54-35-50-44(33-40(54)3)34-56(69)67(57(50)43-12-14-45(60)15-13-43)48-20-18-46(19-21-48)63(5)36-42-10-16-47(17-11-42)65-25-23-64(24-26-65)27-28-72-29-30-73-31-32-74-38-55(68)62-52-8-6-7-49-51(52)37-66(59(49)71)53-22-9-41(4)61-58(53)70/h6-8,12-15,18-21,33,35,39,42,47,53,57H,4,9-11,16-17,22-32,34,36-38H2,1-3,5H3,(H,61,70)(H,62,68)/t42?,47?,53?,57-/m0/s1. The molecule has 5 aliphatic rings. The lowest BCUT2D eigenvalue weighted by Gasteiger charge is -2.42. The Morgan fingerprint density at radius 1 is 0.867 bits per heavy atom. The highest BCUT2D eigenvalue weighted by molar-refractivity contribution is 6.30. The van der Waals surface area contributed by atoms with Gasteiger partial charge in [-0.15, -0.1) is 0 Å². The highest BCUT2D eigenvalue weighted by Crippen LogP contribution is 2.43. The monoisotopic (exact) mass is 1040 g/mol. The van der Waals surface area contributed by atoms with Gasteiger partial charge in [0.15, 0.2) is 0 Å². The number of carbonyl (C=O) groups is 4. The average Bonchev–Trinajstić information content (AvgIpc) is 3.73. The molecule has 1 aliphatic carbocycles. The van der Waals surface area contributed by atoms with Crippen molar-refractivity contribution in [1.82, 2.24) is 20.0 Å². The van der Waals surface area contributed by atoms with E-state index >= 15 is 0 Å². The van der Waals surface area contributed by atoms with Gasteiger partial charge in [0, 0.05) is 97.8 Å². The Hall–Kier alpha value is -5.81. The predicted molar refractivity (Wildman–Crippen MR) is 293 cm³/mol. The minimum atomic E-state index is -0.568. The number of allylic oxidation sites excluding steroid dienone is 1. The average molecular weight is 1040 g/mol. The van der Waals surface area contributed by atoms with E-state index in [1.165, 1.54) is 25.7 Å². The van der Waals surface area contributed by atoms with Crippen LogP contribution in [0.3, 0.4) is 0 Å². The Balaban J connectivity index is 0.634. The predicted octanol–water partition coefficient (Wildman–Crippen LogP) is 8.16. The number of ether oxygens (including phenoxy) is 4. The number of nitrogens with zero attached hydrogens (tertiary/aromatic N) is 5. The second-order valence-electron chi connectivity index (χ2n) is 21.1. The van der Waals surface area contributed by atoms with E-state index in [1.54, 1.807) is 23.1 Å². The van der Waals surface area contributed by atoms with Crippen LogP contribution in [0.2, 0.25) is 5.02 Å². The number of nitrogens with one attached hydrogen (secondary N) is 2. The third-order valence-electron chi connectivity index (χ3n) is 15.5. The van der Waals surface area contributed by atoms with Gasteiger partial charge in [0.1, 0.15) is 18.4 Å². The summed E-state index contributed by atoms with van der Waals surface area (Å²) < 4.78 is 23.4. The molecule has 2 N–H and O–H groups in total. The highest BCUT2D eigenvalue weighted by atomic mass is 35.5. The van der Waals surface area contributed by atoms with Crippen LogP contribution in [-0.2, 0) is 41.6 Å². The number of amides is 4. The molecule has 4 aromatic rings. The van der Waals surface area contributed by atoms with Gasteiger partial charge in [0.25, 0.3) is 5.91 Å². The van der Waals surface area contributed by atoms with Gasteiger partial charge in [-0.3, -0.25) is 29.0 Å². The van der Waals surface area contributed by atoms with Gasteiger partial charge >= 0.3 is 0 Å². The summed E-state index contributed by atoms with van der Waals surface area (Å²) in [6.07, 6.45) is 6.40. The van der Waals surface area contributed by atoms with Crippen LogP contribution in [0.25, 0.3) is 0 Å². The van der Waals surface area contributed by atoms with Gasteiger partial charge in [-0.05, 0) is 142 Å². The quantitative estimate of drug-likeness (QED) is 0.0781. The second-order valence-corrected chi connectivity index (χ2v) is 21.5. The van der Waals surface area contributed by atoms with Crippen LogP contribution < -0.4 is 25.2 Å². The van der Waals surface area contributed by atoms with Gasteiger partial charge in [0.2, 0.25) is 17.7 Å². The summed E-state index contributed by atoms with van der Waals surface area (Å²) in [5.41, 5.74) is 8.56. The molecule has 0 bridgehead atoms. The minimum Gasteiger partial charge on any atom is -0.491 e. The summed E-state index contributed by atoms with van der Waals surface area (Å²) in [7, 11) is 2.19. The van der Waals surface area contributed by atoms with E-state index in [0.717, 1.165) is 78.6 Å². The summed E-state index contributed by atoms with van der Waals surface area (Å²) in [5.74, 6) is 0.775. The number of aryl methyl sites for hydroxylation is 1. The zero-order chi connectivity index (χ0) is 52.6. The lowest BCUT2D eigenvalue weighted by molar-refractivity contribution is -0.126. The van der Waals surface area contributed by atoms with E-state index in [0.29, 0.717) is 85.2 Å². The third-order valence-corrected chi connectivity index (χ3v) is 15.7. The molecular formula is C59H74ClN7O8. The molecule has 3 fully saturated rings. The first-order valence-electron chi connectivity index (χ1n) is 26.9. The molecule has 2 saturated heterocycles. The molecule has 0 radical (unpaired) electrons. The van der Waals surface area contributed by atoms with E-state index in [9.17, 15) is 19.2 Å². The number of hydrogen-bond acceptors (Lipinski definition) is 11. The smallest absolute Gasteiger partial charge is 0.255 e. The van der Waals surface area contributed by atoms with Gasteiger partial charge < -0.3 is 44.3 Å². The summed E-state index contributed by atoms with van der Waals surface area (Å²) in [4.78, 5) is 63.6. The highest BCUT2D eigenvalue weighted by Gasteiger charge is 2.40. The summed E-state index contributed by atoms with van der Waals surface area (Å²) in [6.45, 7) is 18.4. The SMILES string of the molecule is C=C1CCC(N2Cc3c(NC(=O)COCCOCCOCCN4CCN(C5CCC(CN(C)c6ccc(N7C(=O)Cc8cc(C)c(OC(C)C)cc8[C@@H]7c7ccc(Cl)cc7)cc6)CC5)CC4)cccc3C2=O)C(=O)N1. The van der Waals surface area contributed by atoms with Crippen LogP contribution in [0, 0.1) is 12.8 Å². The van der Waals surface area contributed by atoms with E-state index < -0.39 is 6.04 Å². The number of hydrogen-bond donors (Lipinski definition) is 2. The largest absolute Gasteiger partial charge is 0.491 e. The zero-order valence-corrected chi connectivity index (χ0v) is 44.9. The van der Waals surface area contributed by atoms with Crippen molar-refractivity contribution < 1.29 is 38.1 Å². The topological polar surface area (TPSA) is 145 Å². The second kappa shape index (κ2) is 24.9. The summed E-state index contributed by atoms with van der Waals surface area (Å²) in [6, 6.07) is 25.6. The third kappa shape index (κ3) is 13.2. The van der Waals surface area contributed by atoms with E-state index in [1.807, 2.05) is 49.9 Å². The first-order chi connectivity index (χ1) is 36.3. The van der Waals surface area contributed by atoms with Crippen molar-refractivity contribution >= 4 is 52.3 Å². The fourth-order valence-corrected chi connectivity index (χ4v) is 11.6. The fraction of sp³-hybridized carbons (Fsp3) is 0.492. The van der Waals surface area contributed by atoms with Crippen molar-refractivity contribution in [2.24, 2.45) is 5.92 Å². The van der Waals surface area contributed by atoms with E-state index in [2.05, 4.69) is 75.4 Å². The molecule has 75 heavy (non-hydrogen) atoms. The molecule has 4 amide bonds. The first kappa shape index (κ1) is 54.0. The molecule has 0 aromatic heterocycles. The van der Waals surface area contributed by atoms with Crippen molar-refractivity contribution in [2.75, 3.05) is 101 Å². The van der Waals surface area contributed by atoms with Gasteiger partial charge in [0.05, 0.1) is 51.6 Å². The molecule has 400 valence electrons. The van der Waals surface area contributed by atoms with Crippen molar-refractivity contribution in [1.29, 1.82) is 0 Å². The van der Waals surface area contributed by atoms with E-state index in [4.69, 9.17) is 30.5 Å². The number of anilines is 3. The Kier molecular flexibility index (Phi) is 17.9. The molecular weight excluding hydrogens is 970 g/mol. The zero-order valence-electron chi connectivity index (χ0n) is 44.1. The van der Waals surface area contributed by atoms with Crippen LogP contribution in [0.1, 0.15) is 96.6 Å². The minimum absolute atomic E-state index is 0.0344. The summed E-state index contributed by atoms with van der Waals surface area (Å²) >= 11 is 6.34. The van der Waals surface area contributed by atoms with Crippen LogP contribution in [0.5, 0.6) is 5.75 Å². The van der Waals surface area contributed by atoms with Crippen molar-refractivity contribution in [3.63, 3.8) is 0 Å². The van der Waals surface area contributed by atoms with Crippen molar-refractivity contribution in [3.8, 4) is 5.75 Å².